The predicted molar refractivity (Wildman–Crippen MR) is 57.0 cm³/mol. The Balaban J connectivity index is 2.02. The number of alkyl halides is 3. The molecule has 0 amide bonds. The molecule has 100 valence electrons. The molecule has 1 heterocycles. The highest BCUT2D eigenvalue weighted by molar-refractivity contribution is 5.29. The largest absolute Gasteiger partial charge is 0.573 e. The summed E-state index contributed by atoms with van der Waals surface area (Å²) in [5, 5.41) is 10.0. The number of rotatable bonds is 3. The Morgan fingerprint density at radius 1 is 1.28 bits per heavy atom. The molecule has 2 unspecified atom stereocenters. The van der Waals surface area contributed by atoms with E-state index in [4.69, 9.17) is 4.74 Å². The lowest BCUT2D eigenvalue weighted by atomic mass is 9.95. The van der Waals surface area contributed by atoms with Crippen LogP contribution < -0.4 is 4.74 Å². The van der Waals surface area contributed by atoms with Crippen molar-refractivity contribution in [3.8, 4) is 5.75 Å². The van der Waals surface area contributed by atoms with Crippen LogP contribution in [0.2, 0.25) is 0 Å². The van der Waals surface area contributed by atoms with Crippen LogP contribution in [0.1, 0.15) is 18.1 Å². The molecule has 0 radical (unpaired) electrons. The minimum absolute atomic E-state index is 0.000570. The maximum Gasteiger partial charge on any atom is 0.573 e. The third-order valence-corrected chi connectivity index (χ3v) is 2.87. The van der Waals surface area contributed by atoms with Crippen LogP contribution in [0, 0.1) is 5.92 Å². The zero-order chi connectivity index (χ0) is 13.2. The summed E-state index contributed by atoms with van der Waals surface area (Å²) in [6.45, 7) is 1.08. The second-order valence-electron chi connectivity index (χ2n) is 4.19. The van der Waals surface area contributed by atoms with E-state index in [1.54, 1.807) is 0 Å². The van der Waals surface area contributed by atoms with Crippen LogP contribution in [0.25, 0.3) is 0 Å². The minimum Gasteiger partial charge on any atom is -0.406 e. The molecule has 1 N–H and O–H groups in total. The normalized spacial score (nSPS) is 21.9. The average molecular weight is 262 g/mol. The standard InChI is InChI=1S/C12H13F3O3/c13-12(14,15)18-10-3-1-8(2-4-10)11(16)9-5-6-17-7-9/h1-4,9,11,16H,5-7H2. The number of hydrogen-bond acceptors (Lipinski definition) is 3. The van der Waals surface area contributed by atoms with Gasteiger partial charge in [0, 0.05) is 12.5 Å². The average Bonchev–Trinajstić information content (AvgIpc) is 2.80. The molecular formula is C12H13F3O3. The quantitative estimate of drug-likeness (QED) is 0.910. The van der Waals surface area contributed by atoms with Gasteiger partial charge in [0.2, 0.25) is 0 Å². The van der Waals surface area contributed by atoms with E-state index in [1.165, 1.54) is 24.3 Å². The van der Waals surface area contributed by atoms with Gasteiger partial charge in [0.1, 0.15) is 5.75 Å². The lowest BCUT2D eigenvalue weighted by Gasteiger charge is -2.17. The van der Waals surface area contributed by atoms with E-state index < -0.39 is 12.5 Å². The SMILES string of the molecule is OC(c1ccc(OC(F)(F)F)cc1)C1CCOC1. The van der Waals surface area contributed by atoms with Crippen LogP contribution in [0.3, 0.4) is 0 Å². The van der Waals surface area contributed by atoms with Crippen molar-refractivity contribution in [1.29, 1.82) is 0 Å². The number of aliphatic hydroxyl groups is 1. The summed E-state index contributed by atoms with van der Waals surface area (Å²) in [6.07, 6.45) is -4.66. The summed E-state index contributed by atoms with van der Waals surface area (Å²) in [5.74, 6) is -0.291. The third-order valence-electron chi connectivity index (χ3n) is 2.87. The van der Waals surface area contributed by atoms with Crippen LogP contribution in [-0.4, -0.2) is 24.7 Å². The van der Waals surface area contributed by atoms with Crippen molar-refractivity contribution in [2.45, 2.75) is 18.9 Å². The molecule has 1 saturated heterocycles. The fourth-order valence-corrected chi connectivity index (χ4v) is 1.94. The Kier molecular flexibility index (Phi) is 3.77. The van der Waals surface area contributed by atoms with Crippen molar-refractivity contribution >= 4 is 0 Å². The van der Waals surface area contributed by atoms with Crippen molar-refractivity contribution < 1.29 is 27.8 Å². The molecule has 3 nitrogen and oxygen atoms in total. The number of hydrogen-bond donors (Lipinski definition) is 1. The Morgan fingerprint density at radius 3 is 2.44 bits per heavy atom. The molecule has 2 rings (SSSR count). The Bertz CT molecular complexity index is 383. The maximum atomic E-state index is 12.0. The van der Waals surface area contributed by atoms with Crippen LogP contribution in [-0.2, 0) is 4.74 Å². The maximum absolute atomic E-state index is 12.0. The number of ether oxygens (including phenoxy) is 2. The second kappa shape index (κ2) is 5.16. The zero-order valence-electron chi connectivity index (χ0n) is 9.48. The fourth-order valence-electron chi connectivity index (χ4n) is 1.94. The number of aliphatic hydroxyl groups excluding tert-OH is 1. The van der Waals surface area contributed by atoms with Gasteiger partial charge in [-0.05, 0) is 24.1 Å². The second-order valence-corrected chi connectivity index (χ2v) is 4.19. The smallest absolute Gasteiger partial charge is 0.406 e. The molecule has 18 heavy (non-hydrogen) atoms. The van der Waals surface area contributed by atoms with E-state index in [2.05, 4.69) is 4.74 Å². The first-order chi connectivity index (χ1) is 8.46. The first-order valence-electron chi connectivity index (χ1n) is 5.57. The fraction of sp³-hybridized carbons (Fsp3) is 0.500. The summed E-state index contributed by atoms with van der Waals surface area (Å²) in [5.41, 5.74) is 0.569. The first kappa shape index (κ1) is 13.2. The lowest BCUT2D eigenvalue weighted by molar-refractivity contribution is -0.274. The van der Waals surface area contributed by atoms with Crippen LogP contribution in [0.4, 0.5) is 13.2 Å². The van der Waals surface area contributed by atoms with Gasteiger partial charge in [-0.25, -0.2) is 0 Å². The molecule has 0 saturated carbocycles. The summed E-state index contributed by atoms with van der Waals surface area (Å²) < 4.78 is 44.8. The molecule has 1 aromatic carbocycles. The van der Waals surface area contributed by atoms with Gasteiger partial charge in [0.25, 0.3) is 0 Å². The molecule has 0 aromatic heterocycles. The number of benzene rings is 1. The van der Waals surface area contributed by atoms with Gasteiger partial charge in [-0.1, -0.05) is 12.1 Å². The molecular weight excluding hydrogens is 249 g/mol. The molecule has 0 aliphatic carbocycles. The summed E-state index contributed by atoms with van der Waals surface area (Å²) in [6, 6.07) is 5.26. The van der Waals surface area contributed by atoms with Crippen LogP contribution in [0.5, 0.6) is 5.75 Å². The zero-order valence-corrected chi connectivity index (χ0v) is 9.48. The third kappa shape index (κ3) is 3.36. The molecule has 1 aliphatic rings. The number of halogens is 3. The van der Waals surface area contributed by atoms with E-state index in [9.17, 15) is 18.3 Å². The van der Waals surface area contributed by atoms with Gasteiger partial charge in [-0.2, -0.15) is 0 Å². The highest BCUT2D eigenvalue weighted by Crippen LogP contribution is 2.30. The van der Waals surface area contributed by atoms with Crippen LogP contribution >= 0.6 is 0 Å². The van der Waals surface area contributed by atoms with Crippen molar-refractivity contribution in [3.05, 3.63) is 29.8 Å². The molecule has 2 atom stereocenters. The molecule has 1 fully saturated rings. The van der Waals surface area contributed by atoms with Gasteiger partial charge >= 0.3 is 6.36 Å². The Morgan fingerprint density at radius 2 is 1.94 bits per heavy atom. The van der Waals surface area contributed by atoms with Gasteiger partial charge in [-0.3, -0.25) is 0 Å². The lowest BCUT2D eigenvalue weighted by Crippen LogP contribution is -2.17. The van der Waals surface area contributed by atoms with Crippen molar-refractivity contribution in [1.82, 2.24) is 0 Å². The first-order valence-corrected chi connectivity index (χ1v) is 5.57. The summed E-state index contributed by atoms with van der Waals surface area (Å²) >= 11 is 0. The molecule has 0 bridgehead atoms. The van der Waals surface area contributed by atoms with Crippen molar-refractivity contribution in [3.63, 3.8) is 0 Å². The molecule has 6 heteroatoms. The van der Waals surface area contributed by atoms with Crippen molar-refractivity contribution in [2.24, 2.45) is 5.92 Å². The summed E-state index contributed by atoms with van der Waals surface area (Å²) in [7, 11) is 0. The molecule has 1 aromatic rings. The van der Waals surface area contributed by atoms with Gasteiger partial charge in [-0.15, -0.1) is 13.2 Å². The van der Waals surface area contributed by atoms with Gasteiger partial charge in [0.05, 0.1) is 12.7 Å². The highest BCUT2D eigenvalue weighted by Gasteiger charge is 2.31. The van der Waals surface area contributed by atoms with Gasteiger partial charge in [0.15, 0.2) is 0 Å². The van der Waals surface area contributed by atoms with E-state index in [-0.39, 0.29) is 11.7 Å². The molecule has 1 aliphatic heterocycles. The van der Waals surface area contributed by atoms with E-state index in [0.29, 0.717) is 18.8 Å². The van der Waals surface area contributed by atoms with E-state index in [1.807, 2.05) is 0 Å². The Labute approximate surface area is 102 Å². The highest BCUT2D eigenvalue weighted by atomic mass is 19.4. The monoisotopic (exact) mass is 262 g/mol. The van der Waals surface area contributed by atoms with E-state index in [0.717, 1.165) is 6.42 Å². The van der Waals surface area contributed by atoms with Crippen molar-refractivity contribution in [2.75, 3.05) is 13.2 Å². The Hall–Kier alpha value is -1.27. The van der Waals surface area contributed by atoms with E-state index >= 15 is 0 Å². The minimum atomic E-state index is -4.70. The predicted octanol–water partition coefficient (Wildman–Crippen LogP) is 2.66. The molecule has 0 spiro atoms. The van der Waals surface area contributed by atoms with Gasteiger partial charge < -0.3 is 14.6 Å². The summed E-state index contributed by atoms with van der Waals surface area (Å²) in [4.78, 5) is 0. The van der Waals surface area contributed by atoms with Crippen LogP contribution in [0.15, 0.2) is 24.3 Å². The topological polar surface area (TPSA) is 38.7 Å².